The summed E-state index contributed by atoms with van der Waals surface area (Å²) in [6.45, 7) is 47.1. The zero-order valence-corrected chi connectivity index (χ0v) is 44.9. The average Bonchev–Trinajstić information content (AvgIpc) is 3.11. The van der Waals surface area contributed by atoms with Crippen LogP contribution in [-0.4, -0.2) is 76.1 Å². The summed E-state index contributed by atoms with van der Waals surface area (Å²) >= 11 is 0. The smallest absolute Gasteiger partial charge is 0.322 e. The van der Waals surface area contributed by atoms with Gasteiger partial charge in [-0.1, -0.05) is 121 Å². The molecule has 2 heterocycles. The largest absolute Gasteiger partial charge is 0.507 e. The number of aliphatic carboxylic acids is 2. The lowest BCUT2D eigenvalue weighted by molar-refractivity contribution is -0.192. The van der Waals surface area contributed by atoms with E-state index < -0.39 is 84.8 Å². The lowest BCUT2D eigenvalue weighted by Gasteiger charge is -2.66. The normalized spacial score (nSPS) is 19.5. The van der Waals surface area contributed by atoms with E-state index >= 15 is 9.59 Å². The summed E-state index contributed by atoms with van der Waals surface area (Å²) in [6.07, 6.45) is 2.94. The molecule has 2 amide bonds. The number of benzene rings is 2. The molecule has 2 saturated heterocycles. The van der Waals surface area contributed by atoms with Crippen LogP contribution in [0.2, 0.25) is 0 Å². The van der Waals surface area contributed by atoms with Crippen LogP contribution in [0.1, 0.15) is 198 Å². The number of phenolic OH excluding ortho intramolecular Hbond substituents is 2. The Morgan fingerprint density at radius 2 is 0.791 bits per heavy atom. The van der Waals surface area contributed by atoms with E-state index in [-0.39, 0.29) is 49.0 Å². The molecular weight excluding hydrogens is 841 g/mol. The van der Waals surface area contributed by atoms with Gasteiger partial charge < -0.3 is 30.2 Å². The van der Waals surface area contributed by atoms with Gasteiger partial charge in [0.2, 0.25) is 11.8 Å². The minimum absolute atomic E-state index is 0.0659. The second-order valence-electron chi connectivity index (χ2n) is 26.7. The molecule has 2 aromatic carbocycles. The van der Waals surface area contributed by atoms with Gasteiger partial charge in [-0.15, -0.1) is 0 Å². The van der Waals surface area contributed by atoms with Crippen LogP contribution in [-0.2, 0) is 52.7 Å². The fourth-order valence-corrected chi connectivity index (χ4v) is 13.3. The average molecular weight is 927 g/mol. The molecule has 10 heteroatoms. The number of carbonyl (C=O) groups is 4. The lowest BCUT2D eigenvalue weighted by atomic mass is 9.41. The number of likely N-dealkylation sites (tertiary alicyclic amines) is 2. The van der Waals surface area contributed by atoms with Crippen LogP contribution in [0.25, 0.3) is 0 Å². The van der Waals surface area contributed by atoms with E-state index in [4.69, 9.17) is 0 Å². The van der Waals surface area contributed by atoms with Crippen molar-refractivity contribution in [3.05, 3.63) is 83.0 Å². The number of rotatable bonds is 10. The third-order valence-corrected chi connectivity index (χ3v) is 15.4. The van der Waals surface area contributed by atoms with Crippen LogP contribution in [0.15, 0.2) is 49.6 Å². The molecule has 4 N–H and O–H groups in total. The predicted molar refractivity (Wildman–Crippen MR) is 270 cm³/mol. The Morgan fingerprint density at radius 1 is 0.537 bits per heavy atom. The first-order valence-corrected chi connectivity index (χ1v) is 24.1. The third kappa shape index (κ3) is 9.45. The number of hydrogen-bond donors (Lipinski definition) is 4. The molecule has 0 saturated carbocycles. The first kappa shape index (κ1) is 55.0. The van der Waals surface area contributed by atoms with E-state index in [1.54, 1.807) is 21.9 Å². The fourth-order valence-electron chi connectivity index (χ4n) is 13.3. The third-order valence-electron chi connectivity index (χ3n) is 15.4. The van der Waals surface area contributed by atoms with Crippen molar-refractivity contribution in [2.45, 2.75) is 220 Å². The van der Waals surface area contributed by atoms with E-state index in [2.05, 4.69) is 13.2 Å². The second kappa shape index (κ2) is 17.1. The molecule has 0 aromatic heterocycles. The predicted octanol–water partition coefficient (Wildman–Crippen LogP) is 11.9. The lowest BCUT2D eigenvalue weighted by Crippen LogP contribution is -2.73. The monoisotopic (exact) mass is 927 g/mol. The van der Waals surface area contributed by atoms with Crippen LogP contribution in [0, 0.1) is 17.3 Å². The molecule has 2 fully saturated rings. The summed E-state index contributed by atoms with van der Waals surface area (Å²) < 4.78 is 0. The SMILES string of the molecule is C=CC(=O)N1C(C)(C)CC(C(c2cc(C(C)(C)C)c(O)c(C(C)(C)C)c2)(C2CC(C)(C)N(C(=O)C=C)C(C)(C)C2)C(Cc2cc(C(C)(C)C)c(O)c(C(C)(C)C)c2)(C(=O)O)C(=O)O)CC1(C)C. The van der Waals surface area contributed by atoms with E-state index in [1.807, 2.05) is 151 Å². The molecule has 0 radical (unpaired) electrons. The van der Waals surface area contributed by atoms with Crippen molar-refractivity contribution in [3.63, 3.8) is 0 Å². The van der Waals surface area contributed by atoms with Crippen LogP contribution < -0.4 is 0 Å². The maximum atomic E-state index is 15.5. The van der Waals surface area contributed by atoms with Gasteiger partial charge in [0.1, 0.15) is 11.5 Å². The number of carbonyl (C=O) groups excluding carboxylic acids is 2. The van der Waals surface area contributed by atoms with Crippen LogP contribution in [0.3, 0.4) is 0 Å². The van der Waals surface area contributed by atoms with Crippen LogP contribution in [0.5, 0.6) is 11.5 Å². The number of carboxylic acids is 2. The summed E-state index contributed by atoms with van der Waals surface area (Å²) in [6, 6.07) is 7.33. The van der Waals surface area contributed by atoms with Crippen molar-refractivity contribution >= 4 is 23.8 Å². The Balaban J connectivity index is 2.52. The summed E-state index contributed by atoms with van der Waals surface area (Å²) in [7, 11) is 0. The van der Waals surface area contributed by atoms with E-state index in [0.29, 0.717) is 33.4 Å². The summed E-state index contributed by atoms with van der Waals surface area (Å²) in [5, 5.41) is 49.5. The molecule has 0 aliphatic carbocycles. The zero-order valence-electron chi connectivity index (χ0n) is 44.9. The maximum absolute atomic E-state index is 15.5. The van der Waals surface area contributed by atoms with Gasteiger partial charge in [0.05, 0.1) is 0 Å². The summed E-state index contributed by atoms with van der Waals surface area (Å²) in [5.74, 6) is -4.97. The molecule has 2 aromatic rings. The Hall–Kier alpha value is -4.60. The molecule has 4 rings (SSSR count). The number of phenols is 2. The molecule has 0 bridgehead atoms. The van der Waals surface area contributed by atoms with E-state index in [0.717, 1.165) is 0 Å². The fraction of sp³-hybridized carbons (Fsp3) is 0.649. The molecule has 2 aliphatic heterocycles. The number of piperidine rings is 2. The Kier molecular flexibility index (Phi) is 14.1. The van der Waals surface area contributed by atoms with Gasteiger partial charge in [-0.3, -0.25) is 19.2 Å². The minimum atomic E-state index is -2.65. The number of nitrogens with zero attached hydrogens (tertiary/aromatic N) is 2. The molecule has 0 atom stereocenters. The maximum Gasteiger partial charge on any atom is 0.322 e. The number of carboxylic acid groups (broad SMARTS) is 2. The van der Waals surface area contributed by atoms with Crippen LogP contribution in [0.4, 0.5) is 0 Å². The van der Waals surface area contributed by atoms with Gasteiger partial charge in [-0.25, -0.2) is 0 Å². The van der Waals surface area contributed by atoms with Crippen molar-refractivity contribution in [1.82, 2.24) is 9.80 Å². The first-order valence-electron chi connectivity index (χ1n) is 24.1. The molecule has 0 unspecified atom stereocenters. The first-order chi connectivity index (χ1) is 29.9. The molecule has 2 aliphatic rings. The van der Waals surface area contributed by atoms with Gasteiger partial charge in [-0.2, -0.15) is 0 Å². The van der Waals surface area contributed by atoms with Crippen LogP contribution >= 0.6 is 0 Å². The highest BCUT2D eigenvalue weighted by Crippen LogP contribution is 2.66. The number of amides is 2. The van der Waals surface area contributed by atoms with Gasteiger partial charge >= 0.3 is 11.9 Å². The van der Waals surface area contributed by atoms with Crippen molar-refractivity contribution < 1.29 is 39.6 Å². The Bertz CT molecular complexity index is 2140. The van der Waals surface area contributed by atoms with Gasteiger partial charge in [0.25, 0.3) is 0 Å². The molecule has 0 spiro atoms. The molecular formula is C57H86N2O8. The second-order valence-corrected chi connectivity index (χ2v) is 26.7. The number of aromatic hydroxyl groups is 2. The topological polar surface area (TPSA) is 156 Å². The molecule has 372 valence electrons. The van der Waals surface area contributed by atoms with Gasteiger partial charge in [0.15, 0.2) is 5.41 Å². The highest BCUT2D eigenvalue weighted by molar-refractivity contribution is 6.01. The van der Waals surface area contributed by atoms with Gasteiger partial charge in [-0.05, 0) is 160 Å². The van der Waals surface area contributed by atoms with Crippen molar-refractivity contribution in [3.8, 4) is 11.5 Å². The quantitative estimate of drug-likeness (QED) is 0.136. The standard InChI is InChI=1S/C57H86N2O8/c1-23-42(60)58-52(15,16)30-36(31-53(58,17)18)57(37-32-54(19,20)59(43(61)24-2)55(21,22)33-37,35-27-40(50(9,10)11)45(63)41(28-35)51(12,13)14)56(46(64)65,47(66)67)29-34-25-38(48(3,4)5)44(62)39(26-34)49(6,7)8/h23-28,36-37,62-63H,1-2,29-33H2,3-22H3,(H,64,65)(H,66,67). The molecule has 67 heavy (non-hydrogen) atoms. The zero-order chi connectivity index (χ0) is 52.0. The molecule has 10 nitrogen and oxygen atoms in total. The number of hydrogen-bond acceptors (Lipinski definition) is 6. The minimum Gasteiger partial charge on any atom is -0.507 e. The van der Waals surface area contributed by atoms with Crippen molar-refractivity contribution in [2.75, 3.05) is 0 Å². The highest BCUT2D eigenvalue weighted by atomic mass is 16.4. The van der Waals surface area contributed by atoms with Gasteiger partial charge in [0, 0.05) is 34.0 Å². The van der Waals surface area contributed by atoms with Crippen molar-refractivity contribution in [1.29, 1.82) is 0 Å². The summed E-state index contributed by atoms with van der Waals surface area (Å²) in [5.41, 5.74) is -7.78. The van der Waals surface area contributed by atoms with E-state index in [9.17, 15) is 30.0 Å². The Labute approximate surface area is 403 Å². The highest BCUT2D eigenvalue weighted by Gasteiger charge is 2.72. The summed E-state index contributed by atoms with van der Waals surface area (Å²) in [4.78, 5) is 62.6. The van der Waals surface area contributed by atoms with Crippen molar-refractivity contribution in [2.24, 2.45) is 17.3 Å². The van der Waals surface area contributed by atoms with E-state index in [1.165, 1.54) is 12.2 Å². The Morgan fingerprint density at radius 3 is 1.01 bits per heavy atom.